The predicted octanol–water partition coefficient (Wildman–Crippen LogP) is 1.94. The van der Waals surface area contributed by atoms with Gasteiger partial charge >= 0.3 is 6.03 Å². The molecule has 2 aliphatic rings. The number of rotatable bonds is 4. The van der Waals surface area contributed by atoms with Crippen LogP contribution in [0.5, 0.6) is 0 Å². The third-order valence-electron chi connectivity index (χ3n) is 6.37. The van der Waals surface area contributed by atoms with Gasteiger partial charge < -0.3 is 24.8 Å². The highest BCUT2D eigenvalue weighted by Crippen LogP contribution is 2.28. The van der Waals surface area contributed by atoms with Crippen molar-refractivity contribution in [2.24, 2.45) is 23.7 Å². The van der Waals surface area contributed by atoms with E-state index in [-0.39, 0.29) is 11.5 Å². The van der Waals surface area contributed by atoms with Crippen LogP contribution in [0.15, 0.2) is 46.4 Å². The number of carbonyl (C=O) groups is 1. The van der Waals surface area contributed by atoms with Crippen LogP contribution in [-0.4, -0.2) is 71.1 Å². The number of benzene rings is 1. The Kier molecular flexibility index (Phi) is 5.97. The first-order valence-corrected chi connectivity index (χ1v) is 11.4. The number of nitrogens with zero attached hydrogens (tertiary/aromatic N) is 6. The average molecular weight is 462 g/mol. The van der Waals surface area contributed by atoms with Gasteiger partial charge in [0, 0.05) is 56.6 Å². The minimum Gasteiger partial charge on any atom is -0.378 e. The summed E-state index contributed by atoms with van der Waals surface area (Å²) in [5.74, 6) is 0.386. The number of aliphatic imine (C=N–C) groups is 1. The predicted molar refractivity (Wildman–Crippen MR) is 131 cm³/mol. The van der Waals surface area contributed by atoms with Crippen LogP contribution < -0.4 is 16.2 Å². The number of hydrogen-bond acceptors (Lipinski definition) is 7. The van der Waals surface area contributed by atoms with Crippen molar-refractivity contribution in [1.29, 1.82) is 0 Å². The van der Waals surface area contributed by atoms with Gasteiger partial charge in [-0.05, 0) is 24.6 Å². The largest absolute Gasteiger partial charge is 0.378 e. The number of fused-ring (bicyclic) bond motifs is 1. The molecule has 0 radical (unpaired) electrons. The molecule has 2 amide bonds. The fourth-order valence-corrected chi connectivity index (χ4v) is 4.39. The first-order valence-electron chi connectivity index (χ1n) is 11.4. The molecule has 1 atom stereocenters. The lowest BCUT2D eigenvalue weighted by atomic mass is 10.1. The summed E-state index contributed by atoms with van der Waals surface area (Å²) in [5.41, 5.74) is 8.48. The molecule has 1 unspecified atom stereocenters. The second-order valence-corrected chi connectivity index (χ2v) is 8.64. The van der Waals surface area contributed by atoms with Crippen LogP contribution in [0.1, 0.15) is 6.42 Å². The van der Waals surface area contributed by atoms with Gasteiger partial charge in [-0.2, -0.15) is 0 Å². The number of carbonyl (C=O) groups excluding carboxylic acids is 1. The minimum atomic E-state index is -0.430. The number of amides is 2. The SMILES string of the molecule is Cn1cnc2cc(-c3ccc(N4CCOCC4)cc3)nc(N=CC3CCN(C(N)=O)C3)c2c1=O. The Morgan fingerprint density at radius 2 is 1.97 bits per heavy atom. The van der Waals surface area contributed by atoms with E-state index in [1.807, 2.05) is 18.2 Å². The summed E-state index contributed by atoms with van der Waals surface area (Å²) in [7, 11) is 1.66. The third kappa shape index (κ3) is 4.36. The van der Waals surface area contributed by atoms with Crippen LogP contribution in [-0.2, 0) is 11.8 Å². The van der Waals surface area contributed by atoms with Gasteiger partial charge in [0.1, 0.15) is 5.39 Å². The van der Waals surface area contributed by atoms with E-state index in [0.29, 0.717) is 35.5 Å². The third-order valence-corrected chi connectivity index (χ3v) is 6.37. The molecule has 2 aliphatic heterocycles. The molecule has 176 valence electrons. The lowest BCUT2D eigenvalue weighted by Crippen LogP contribution is -2.36. The Labute approximate surface area is 196 Å². The number of anilines is 1. The second kappa shape index (κ2) is 9.22. The Morgan fingerprint density at radius 3 is 2.68 bits per heavy atom. The molecule has 5 rings (SSSR count). The lowest BCUT2D eigenvalue weighted by molar-refractivity contribution is 0.122. The molecule has 0 bridgehead atoms. The Bertz CT molecular complexity index is 1300. The van der Waals surface area contributed by atoms with Gasteiger partial charge in [-0.3, -0.25) is 4.79 Å². The van der Waals surface area contributed by atoms with E-state index in [9.17, 15) is 9.59 Å². The van der Waals surface area contributed by atoms with Gasteiger partial charge in [0.15, 0.2) is 5.82 Å². The maximum atomic E-state index is 12.9. The number of hydrogen-bond donors (Lipinski definition) is 1. The topological polar surface area (TPSA) is 119 Å². The smallest absolute Gasteiger partial charge is 0.314 e. The van der Waals surface area contributed by atoms with Crippen molar-refractivity contribution in [3.05, 3.63) is 47.0 Å². The van der Waals surface area contributed by atoms with Crippen LogP contribution in [0.2, 0.25) is 0 Å². The van der Waals surface area contributed by atoms with Crippen LogP contribution in [0.3, 0.4) is 0 Å². The number of morpholine rings is 1. The highest BCUT2D eigenvalue weighted by Gasteiger charge is 2.23. The van der Waals surface area contributed by atoms with E-state index in [0.717, 1.165) is 44.0 Å². The summed E-state index contributed by atoms with van der Waals surface area (Å²) < 4.78 is 6.86. The highest BCUT2D eigenvalue weighted by molar-refractivity contribution is 5.91. The Hall–Kier alpha value is -3.79. The highest BCUT2D eigenvalue weighted by atomic mass is 16.5. The molecule has 0 saturated carbocycles. The zero-order chi connectivity index (χ0) is 23.7. The molecule has 2 N–H and O–H groups in total. The number of pyridine rings is 1. The number of ether oxygens (including phenoxy) is 1. The summed E-state index contributed by atoms with van der Waals surface area (Å²) in [5, 5.41) is 0.375. The van der Waals surface area contributed by atoms with E-state index in [2.05, 4.69) is 27.0 Å². The van der Waals surface area contributed by atoms with Crippen molar-refractivity contribution >= 4 is 34.7 Å². The quantitative estimate of drug-likeness (QED) is 0.593. The van der Waals surface area contributed by atoms with Crippen molar-refractivity contribution < 1.29 is 9.53 Å². The minimum absolute atomic E-state index is 0.0568. The van der Waals surface area contributed by atoms with Gasteiger partial charge in [-0.25, -0.2) is 19.8 Å². The maximum absolute atomic E-state index is 12.9. The zero-order valence-corrected chi connectivity index (χ0v) is 19.1. The molecule has 4 heterocycles. The normalized spacial score (nSPS) is 18.8. The monoisotopic (exact) mass is 461 g/mol. The molecule has 2 aromatic heterocycles. The number of aryl methyl sites for hydroxylation is 1. The molecular weight excluding hydrogens is 434 g/mol. The van der Waals surface area contributed by atoms with Gasteiger partial charge in [-0.1, -0.05) is 12.1 Å². The van der Waals surface area contributed by atoms with E-state index < -0.39 is 6.03 Å². The molecule has 34 heavy (non-hydrogen) atoms. The standard InChI is InChI=1S/C24H27N7O3/c1-29-15-27-20-12-19(17-2-4-18(5-3-17)30-8-10-34-11-9-30)28-22(21(20)23(29)32)26-13-16-6-7-31(14-16)24(25)33/h2-5,12-13,15-16H,6-11,14H2,1H3,(H2,25,33). The fourth-order valence-electron chi connectivity index (χ4n) is 4.39. The molecule has 0 aliphatic carbocycles. The van der Waals surface area contributed by atoms with Gasteiger partial charge in [0.2, 0.25) is 0 Å². The Balaban J connectivity index is 1.50. The van der Waals surface area contributed by atoms with Crippen molar-refractivity contribution in [3.8, 4) is 11.3 Å². The van der Waals surface area contributed by atoms with Crippen molar-refractivity contribution in [2.75, 3.05) is 44.3 Å². The molecular formula is C24H27N7O3. The first-order chi connectivity index (χ1) is 16.5. The molecule has 10 nitrogen and oxygen atoms in total. The van der Waals surface area contributed by atoms with Crippen LogP contribution in [0, 0.1) is 5.92 Å². The van der Waals surface area contributed by atoms with E-state index in [1.54, 1.807) is 18.2 Å². The summed E-state index contributed by atoms with van der Waals surface area (Å²) in [6.07, 6.45) is 4.04. The fraction of sp³-hybridized carbons (Fsp3) is 0.375. The average Bonchev–Trinajstić information content (AvgIpc) is 3.35. The molecule has 3 aromatic rings. The van der Waals surface area contributed by atoms with Crippen molar-refractivity contribution in [3.63, 3.8) is 0 Å². The number of nitrogens with two attached hydrogens (primary N) is 1. The number of urea groups is 1. The van der Waals surface area contributed by atoms with E-state index >= 15 is 0 Å². The number of likely N-dealkylation sites (tertiary alicyclic amines) is 1. The summed E-state index contributed by atoms with van der Waals surface area (Å²) in [6.45, 7) is 4.30. The van der Waals surface area contributed by atoms with E-state index in [4.69, 9.17) is 15.5 Å². The summed E-state index contributed by atoms with van der Waals surface area (Å²) >= 11 is 0. The van der Waals surface area contributed by atoms with Crippen LogP contribution in [0.4, 0.5) is 16.3 Å². The van der Waals surface area contributed by atoms with Crippen molar-refractivity contribution in [1.82, 2.24) is 19.4 Å². The summed E-state index contributed by atoms with van der Waals surface area (Å²) in [6, 6.07) is 9.59. The molecule has 0 spiro atoms. The maximum Gasteiger partial charge on any atom is 0.314 e. The van der Waals surface area contributed by atoms with Crippen molar-refractivity contribution in [2.45, 2.75) is 6.42 Å². The van der Waals surface area contributed by atoms with Gasteiger partial charge in [-0.15, -0.1) is 0 Å². The molecule has 2 saturated heterocycles. The first kappa shape index (κ1) is 22.0. The van der Waals surface area contributed by atoms with Crippen LogP contribution >= 0.6 is 0 Å². The van der Waals surface area contributed by atoms with Gasteiger partial charge in [0.05, 0.1) is 30.8 Å². The van der Waals surface area contributed by atoms with Crippen LogP contribution in [0.25, 0.3) is 22.2 Å². The second-order valence-electron chi connectivity index (χ2n) is 8.64. The number of primary amides is 1. The number of aromatic nitrogens is 3. The molecule has 2 fully saturated rings. The van der Waals surface area contributed by atoms with E-state index in [1.165, 1.54) is 10.9 Å². The van der Waals surface area contributed by atoms with Gasteiger partial charge in [0.25, 0.3) is 5.56 Å². The Morgan fingerprint density at radius 1 is 1.21 bits per heavy atom. The lowest BCUT2D eigenvalue weighted by Gasteiger charge is -2.28. The zero-order valence-electron chi connectivity index (χ0n) is 19.1. The molecule has 1 aromatic carbocycles. The molecule has 10 heteroatoms. The summed E-state index contributed by atoms with van der Waals surface area (Å²) in [4.78, 5) is 42.0.